The standard InChI is InChI=1S/C10H11N3O4S/c1-2-5-13-9(16)11-12-10(13)18-7-4-3-6(17-7)8(14)15/h3-4H,2,5H2,1H3,(H,11,16)(H,14,15). The molecule has 0 aliphatic rings. The second-order valence-electron chi connectivity index (χ2n) is 3.49. The number of carbonyl (C=O) groups is 1. The first-order chi connectivity index (χ1) is 8.61. The van der Waals surface area contributed by atoms with Crippen LogP contribution < -0.4 is 5.69 Å². The molecule has 2 N–H and O–H groups in total. The second-order valence-corrected chi connectivity index (χ2v) is 4.46. The van der Waals surface area contributed by atoms with Crippen LogP contribution in [0.15, 0.2) is 31.6 Å². The van der Waals surface area contributed by atoms with Crippen LogP contribution >= 0.6 is 11.8 Å². The molecule has 8 heteroatoms. The van der Waals surface area contributed by atoms with Gasteiger partial charge in [0.25, 0.3) is 0 Å². The number of carboxylic acids is 1. The van der Waals surface area contributed by atoms with Gasteiger partial charge in [-0.25, -0.2) is 14.7 Å². The van der Waals surface area contributed by atoms with Crippen LogP contribution in [-0.2, 0) is 6.54 Å². The van der Waals surface area contributed by atoms with Crippen molar-refractivity contribution in [3.05, 3.63) is 28.4 Å². The van der Waals surface area contributed by atoms with Gasteiger partial charge >= 0.3 is 11.7 Å². The van der Waals surface area contributed by atoms with Crippen molar-refractivity contribution in [2.45, 2.75) is 30.1 Å². The van der Waals surface area contributed by atoms with E-state index in [1.54, 1.807) is 0 Å². The van der Waals surface area contributed by atoms with Gasteiger partial charge in [0.15, 0.2) is 10.2 Å². The van der Waals surface area contributed by atoms with Crippen molar-refractivity contribution in [3.8, 4) is 0 Å². The van der Waals surface area contributed by atoms with Gasteiger partial charge in [-0.3, -0.25) is 4.57 Å². The number of H-pyrrole nitrogens is 1. The average molecular weight is 269 g/mol. The Morgan fingerprint density at radius 2 is 2.39 bits per heavy atom. The number of aromatic carboxylic acids is 1. The lowest BCUT2D eigenvalue weighted by Crippen LogP contribution is -2.17. The molecule has 96 valence electrons. The lowest BCUT2D eigenvalue weighted by Gasteiger charge is -2.00. The molecule has 0 saturated carbocycles. The van der Waals surface area contributed by atoms with E-state index >= 15 is 0 Å². The van der Waals surface area contributed by atoms with Crippen molar-refractivity contribution in [1.29, 1.82) is 0 Å². The third-order valence-electron chi connectivity index (χ3n) is 2.15. The second kappa shape index (κ2) is 5.13. The first-order valence-electron chi connectivity index (χ1n) is 5.28. The molecule has 18 heavy (non-hydrogen) atoms. The maximum absolute atomic E-state index is 11.4. The van der Waals surface area contributed by atoms with E-state index in [4.69, 9.17) is 9.52 Å². The molecule has 2 aromatic rings. The van der Waals surface area contributed by atoms with Gasteiger partial charge in [0.1, 0.15) is 0 Å². The van der Waals surface area contributed by atoms with Crippen LogP contribution in [0.5, 0.6) is 0 Å². The van der Waals surface area contributed by atoms with Crippen LogP contribution in [0.4, 0.5) is 0 Å². The predicted molar refractivity (Wildman–Crippen MR) is 62.9 cm³/mol. The molecule has 0 aromatic carbocycles. The molecule has 0 aliphatic carbocycles. The highest BCUT2D eigenvalue weighted by Gasteiger charge is 2.14. The highest BCUT2D eigenvalue weighted by molar-refractivity contribution is 7.99. The van der Waals surface area contributed by atoms with Crippen molar-refractivity contribution < 1.29 is 14.3 Å². The summed E-state index contributed by atoms with van der Waals surface area (Å²) in [7, 11) is 0. The van der Waals surface area contributed by atoms with Crippen LogP contribution in [-0.4, -0.2) is 25.8 Å². The minimum Gasteiger partial charge on any atom is -0.475 e. The van der Waals surface area contributed by atoms with Crippen LogP contribution in [0.25, 0.3) is 0 Å². The lowest BCUT2D eigenvalue weighted by atomic mass is 10.5. The maximum Gasteiger partial charge on any atom is 0.371 e. The van der Waals surface area contributed by atoms with Crippen molar-refractivity contribution in [2.75, 3.05) is 0 Å². The van der Waals surface area contributed by atoms with Gasteiger partial charge in [0.2, 0.25) is 5.76 Å². The highest BCUT2D eigenvalue weighted by Crippen LogP contribution is 2.27. The van der Waals surface area contributed by atoms with E-state index in [0.717, 1.165) is 18.2 Å². The molecule has 2 aromatic heterocycles. The van der Waals surface area contributed by atoms with Gasteiger partial charge < -0.3 is 9.52 Å². The van der Waals surface area contributed by atoms with Gasteiger partial charge in [0.05, 0.1) is 0 Å². The Morgan fingerprint density at radius 3 is 3.00 bits per heavy atom. The fourth-order valence-corrected chi connectivity index (χ4v) is 2.21. The van der Waals surface area contributed by atoms with Gasteiger partial charge in [-0.05, 0) is 30.3 Å². The molecular formula is C10H11N3O4S. The van der Waals surface area contributed by atoms with Gasteiger partial charge in [0, 0.05) is 6.54 Å². The summed E-state index contributed by atoms with van der Waals surface area (Å²) >= 11 is 1.10. The molecule has 0 spiro atoms. The topological polar surface area (TPSA) is 101 Å². The first kappa shape index (κ1) is 12.5. The van der Waals surface area contributed by atoms with Crippen molar-refractivity contribution in [3.63, 3.8) is 0 Å². The average Bonchev–Trinajstić information content (AvgIpc) is 2.91. The summed E-state index contributed by atoms with van der Waals surface area (Å²) in [6, 6.07) is 2.89. The molecule has 2 rings (SSSR count). The molecule has 0 bridgehead atoms. The number of hydrogen-bond donors (Lipinski definition) is 2. The minimum atomic E-state index is -1.13. The van der Waals surface area contributed by atoms with Crippen molar-refractivity contribution in [1.82, 2.24) is 14.8 Å². The lowest BCUT2D eigenvalue weighted by molar-refractivity contribution is 0.0656. The molecule has 2 heterocycles. The number of rotatable bonds is 5. The highest BCUT2D eigenvalue weighted by atomic mass is 32.2. The van der Waals surface area contributed by atoms with E-state index in [1.165, 1.54) is 16.7 Å². The number of hydrogen-bond acceptors (Lipinski definition) is 5. The number of nitrogens with one attached hydrogen (secondary N) is 1. The SMILES string of the molecule is CCCn1c(Sc2ccc(C(=O)O)o2)n[nH]c1=O. The Hall–Kier alpha value is -1.96. The molecule has 0 amide bonds. The van der Waals surface area contributed by atoms with Gasteiger partial charge in [-0.1, -0.05) is 6.92 Å². The number of furan rings is 1. The van der Waals surface area contributed by atoms with Crippen LogP contribution in [0.2, 0.25) is 0 Å². The number of aromatic nitrogens is 3. The van der Waals surface area contributed by atoms with Crippen LogP contribution in [0.1, 0.15) is 23.9 Å². The summed E-state index contributed by atoms with van der Waals surface area (Å²) in [6.07, 6.45) is 0.797. The van der Waals surface area contributed by atoms with Crippen LogP contribution in [0, 0.1) is 0 Å². The third-order valence-corrected chi connectivity index (χ3v) is 3.07. The molecule has 0 atom stereocenters. The normalized spacial score (nSPS) is 10.7. The summed E-state index contributed by atoms with van der Waals surface area (Å²) in [5, 5.41) is 15.8. The largest absolute Gasteiger partial charge is 0.475 e. The number of aromatic amines is 1. The molecule has 0 aliphatic heterocycles. The van der Waals surface area contributed by atoms with E-state index in [9.17, 15) is 9.59 Å². The van der Waals surface area contributed by atoms with Crippen molar-refractivity contribution in [2.24, 2.45) is 0 Å². The predicted octanol–water partition coefficient (Wildman–Crippen LogP) is 1.42. The molecule has 0 saturated heterocycles. The fourth-order valence-electron chi connectivity index (χ4n) is 1.38. The molecule has 0 fully saturated rings. The quantitative estimate of drug-likeness (QED) is 0.851. The van der Waals surface area contributed by atoms with Crippen molar-refractivity contribution >= 4 is 17.7 Å². The van der Waals surface area contributed by atoms with E-state index in [0.29, 0.717) is 16.8 Å². The fraction of sp³-hybridized carbons (Fsp3) is 0.300. The summed E-state index contributed by atoms with van der Waals surface area (Å²) < 4.78 is 6.57. The molecule has 0 unspecified atom stereocenters. The maximum atomic E-state index is 11.4. The van der Waals surface area contributed by atoms with E-state index in [2.05, 4.69) is 10.2 Å². The Morgan fingerprint density at radius 1 is 1.61 bits per heavy atom. The molecular weight excluding hydrogens is 258 g/mol. The first-order valence-corrected chi connectivity index (χ1v) is 6.09. The zero-order valence-electron chi connectivity index (χ0n) is 9.54. The molecule has 7 nitrogen and oxygen atoms in total. The van der Waals surface area contributed by atoms with Crippen LogP contribution in [0.3, 0.4) is 0 Å². The minimum absolute atomic E-state index is 0.141. The monoisotopic (exact) mass is 269 g/mol. The summed E-state index contributed by atoms with van der Waals surface area (Å²) in [5.41, 5.74) is -0.288. The third kappa shape index (κ3) is 2.48. The number of carboxylic acid groups (broad SMARTS) is 1. The molecule has 0 radical (unpaired) electrons. The van der Waals surface area contributed by atoms with Gasteiger partial charge in [-0.15, -0.1) is 5.10 Å². The number of nitrogens with zero attached hydrogens (tertiary/aromatic N) is 2. The summed E-state index contributed by atoms with van der Waals surface area (Å²) in [6.45, 7) is 2.49. The summed E-state index contributed by atoms with van der Waals surface area (Å²) in [5.74, 6) is -1.27. The Balaban J connectivity index is 2.22. The zero-order chi connectivity index (χ0) is 13.1. The smallest absolute Gasteiger partial charge is 0.371 e. The Labute approximate surface area is 106 Å². The summed E-state index contributed by atoms with van der Waals surface area (Å²) in [4.78, 5) is 22.1. The van der Waals surface area contributed by atoms with E-state index in [1.807, 2.05) is 6.92 Å². The zero-order valence-corrected chi connectivity index (χ0v) is 10.4. The van der Waals surface area contributed by atoms with Gasteiger partial charge in [-0.2, -0.15) is 0 Å². The Bertz CT molecular complexity index is 613. The van der Waals surface area contributed by atoms with E-state index < -0.39 is 5.97 Å². The Kier molecular flexibility index (Phi) is 3.56. The van der Waals surface area contributed by atoms with E-state index in [-0.39, 0.29) is 11.4 Å².